The zero-order chi connectivity index (χ0) is 26.9. The van der Waals surface area contributed by atoms with Gasteiger partial charge in [-0.15, -0.1) is 5.10 Å². The van der Waals surface area contributed by atoms with Crippen molar-refractivity contribution in [2.24, 2.45) is 0 Å². The third-order valence-corrected chi connectivity index (χ3v) is 6.66. The zero-order valence-corrected chi connectivity index (χ0v) is 21.3. The largest absolute Gasteiger partial charge is 0.454 e. The Bertz CT molecular complexity index is 1500. The van der Waals surface area contributed by atoms with Gasteiger partial charge in [-0.2, -0.15) is 0 Å². The van der Waals surface area contributed by atoms with E-state index in [0.717, 1.165) is 0 Å². The average Bonchev–Trinajstić information content (AvgIpc) is 3.54. The maximum atomic E-state index is 15.3. The third kappa shape index (κ3) is 4.89. The van der Waals surface area contributed by atoms with E-state index >= 15 is 4.39 Å². The van der Waals surface area contributed by atoms with E-state index in [2.05, 4.69) is 15.6 Å². The Hall–Kier alpha value is -4.47. The molecule has 4 aromatic rings. The molecule has 0 spiro atoms. The summed E-state index contributed by atoms with van der Waals surface area (Å²) in [6, 6.07) is 16.8. The van der Waals surface area contributed by atoms with Crippen LogP contribution >= 0.6 is 0 Å². The number of nitrogens with one attached hydrogen (secondary N) is 1. The Morgan fingerprint density at radius 2 is 1.82 bits per heavy atom. The van der Waals surface area contributed by atoms with Gasteiger partial charge in [0.05, 0.1) is 5.52 Å². The summed E-state index contributed by atoms with van der Waals surface area (Å²) in [5.41, 5.74) is 1.10. The van der Waals surface area contributed by atoms with Gasteiger partial charge in [0.25, 0.3) is 0 Å². The van der Waals surface area contributed by atoms with Crippen molar-refractivity contribution in [1.82, 2.24) is 20.3 Å². The van der Waals surface area contributed by atoms with Crippen LogP contribution in [0.15, 0.2) is 66.7 Å². The number of carbonyl (C=O) groups excluding carboxylic acids is 2. The SMILES string of the molecule is CCC(C)(C)NC(=O)[C@@H](c1ccccc1F)N(C(=O)Cn1nnc2ccccc21)c1ccc2c(c1)OCO2. The van der Waals surface area contributed by atoms with Crippen molar-refractivity contribution < 1.29 is 23.5 Å². The number of para-hydroxylation sites is 1. The van der Waals surface area contributed by atoms with E-state index in [-0.39, 0.29) is 18.9 Å². The number of hydrogen-bond acceptors (Lipinski definition) is 6. The van der Waals surface area contributed by atoms with E-state index in [0.29, 0.717) is 34.6 Å². The number of benzene rings is 3. The molecular formula is C28H28FN5O4. The van der Waals surface area contributed by atoms with Crippen molar-refractivity contribution in [2.45, 2.75) is 45.3 Å². The minimum Gasteiger partial charge on any atom is -0.454 e. The van der Waals surface area contributed by atoms with Gasteiger partial charge in [-0.25, -0.2) is 9.07 Å². The number of amides is 2. The molecule has 2 amide bonds. The summed E-state index contributed by atoms with van der Waals surface area (Å²) < 4.78 is 27.7. The molecule has 0 aliphatic carbocycles. The second kappa shape index (κ2) is 10.1. The summed E-state index contributed by atoms with van der Waals surface area (Å²) in [5.74, 6) is -0.671. The molecule has 1 atom stereocenters. The Morgan fingerprint density at radius 3 is 2.61 bits per heavy atom. The maximum absolute atomic E-state index is 15.3. The summed E-state index contributed by atoms with van der Waals surface area (Å²) in [6.45, 7) is 5.49. The average molecular weight is 518 g/mol. The van der Waals surface area contributed by atoms with E-state index in [1.807, 2.05) is 32.9 Å². The van der Waals surface area contributed by atoms with Gasteiger partial charge in [-0.05, 0) is 50.6 Å². The number of nitrogens with zero attached hydrogens (tertiary/aromatic N) is 4. The Balaban J connectivity index is 1.63. The lowest BCUT2D eigenvalue weighted by Crippen LogP contribution is -2.51. The van der Waals surface area contributed by atoms with E-state index in [1.54, 1.807) is 36.4 Å². The first-order chi connectivity index (χ1) is 18.3. The lowest BCUT2D eigenvalue weighted by molar-refractivity contribution is -0.128. The van der Waals surface area contributed by atoms with Crippen LogP contribution in [0.2, 0.25) is 0 Å². The van der Waals surface area contributed by atoms with Crippen molar-refractivity contribution >= 4 is 28.5 Å². The summed E-state index contributed by atoms with van der Waals surface area (Å²) >= 11 is 0. The zero-order valence-electron chi connectivity index (χ0n) is 21.3. The fraction of sp³-hybridized carbons (Fsp3) is 0.286. The van der Waals surface area contributed by atoms with E-state index in [1.165, 1.54) is 27.8 Å². The number of anilines is 1. The molecule has 1 N–H and O–H groups in total. The molecule has 196 valence electrons. The van der Waals surface area contributed by atoms with Gasteiger partial charge in [-0.1, -0.05) is 42.5 Å². The molecule has 38 heavy (non-hydrogen) atoms. The first-order valence-corrected chi connectivity index (χ1v) is 12.3. The highest BCUT2D eigenvalue weighted by atomic mass is 19.1. The number of carbonyl (C=O) groups is 2. The van der Waals surface area contributed by atoms with Crippen molar-refractivity contribution in [2.75, 3.05) is 11.7 Å². The van der Waals surface area contributed by atoms with Gasteiger partial charge < -0.3 is 14.8 Å². The Labute approximate surface area is 219 Å². The molecule has 1 aromatic heterocycles. The summed E-state index contributed by atoms with van der Waals surface area (Å²) in [4.78, 5) is 29.2. The molecule has 1 aliphatic heterocycles. The molecule has 0 saturated carbocycles. The molecule has 10 heteroatoms. The fourth-order valence-corrected chi connectivity index (χ4v) is 4.30. The topological polar surface area (TPSA) is 98.6 Å². The van der Waals surface area contributed by atoms with Crippen LogP contribution < -0.4 is 19.7 Å². The lowest BCUT2D eigenvalue weighted by atomic mass is 9.98. The Morgan fingerprint density at radius 1 is 1.08 bits per heavy atom. The minimum atomic E-state index is -1.32. The van der Waals surface area contributed by atoms with Crippen LogP contribution in [0, 0.1) is 5.82 Å². The van der Waals surface area contributed by atoms with Gasteiger partial charge in [0, 0.05) is 22.9 Å². The Kier molecular flexibility index (Phi) is 6.71. The molecule has 9 nitrogen and oxygen atoms in total. The molecule has 0 fully saturated rings. The number of fused-ring (bicyclic) bond motifs is 2. The summed E-state index contributed by atoms with van der Waals surface area (Å²) in [5, 5.41) is 11.3. The fourth-order valence-electron chi connectivity index (χ4n) is 4.30. The van der Waals surface area contributed by atoms with Gasteiger partial charge in [0.1, 0.15) is 23.9 Å². The van der Waals surface area contributed by atoms with Crippen molar-refractivity contribution in [1.29, 1.82) is 0 Å². The quantitative estimate of drug-likeness (QED) is 0.373. The van der Waals surface area contributed by atoms with Crippen molar-refractivity contribution in [3.05, 3.63) is 78.1 Å². The highest BCUT2D eigenvalue weighted by Gasteiger charge is 2.37. The first kappa shape index (κ1) is 25.2. The number of rotatable bonds is 8. The third-order valence-electron chi connectivity index (χ3n) is 6.66. The predicted octanol–water partition coefficient (Wildman–Crippen LogP) is 4.38. The van der Waals surface area contributed by atoms with Gasteiger partial charge in [-0.3, -0.25) is 14.5 Å². The minimum absolute atomic E-state index is 0.0413. The van der Waals surface area contributed by atoms with E-state index in [9.17, 15) is 9.59 Å². The maximum Gasteiger partial charge on any atom is 0.249 e. The number of halogens is 1. The molecule has 2 heterocycles. The molecule has 0 unspecified atom stereocenters. The number of aromatic nitrogens is 3. The summed E-state index contributed by atoms with van der Waals surface area (Å²) in [7, 11) is 0. The highest BCUT2D eigenvalue weighted by molar-refractivity contribution is 6.02. The van der Waals surface area contributed by atoms with E-state index < -0.39 is 29.2 Å². The van der Waals surface area contributed by atoms with Crippen LogP contribution in [-0.4, -0.2) is 39.1 Å². The lowest BCUT2D eigenvalue weighted by Gasteiger charge is -2.34. The van der Waals surface area contributed by atoms with Crippen LogP contribution in [0.25, 0.3) is 11.0 Å². The molecule has 1 aliphatic rings. The second-order valence-electron chi connectivity index (χ2n) is 9.69. The summed E-state index contributed by atoms with van der Waals surface area (Å²) in [6.07, 6.45) is 0.631. The highest BCUT2D eigenvalue weighted by Crippen LogP contribution is 2.39. The molecule has 3 aromatic carbocycles. The molecule has 0 saturated heterocycles. The normalized spacial score (nSPS) is 13.4. The van der Waals surface area contributed by atoms with Crippen molar-refractivity contribution in [3.8, 4) is 11.5 Å². The molecule has 0 bridgehead atoms. The van der Waals surface area contributed by atoms with Gasteiger partial charge in [0.2, 0.25) is 18.6 Å². The van der Waals surface area contributed by atoms with E-state index in [4.69, 9.17) is 9.47 Å². The molecule has 0 radical (unpaired) electrons. The predicted molar refractivity (Wildman–Crippen MR) is 139 cm³/mol. The standard InChI is InChI=1S/C28H28FN5O4/c1-4-28(2,3)30-27(36)26(19-9-5-6-10-20(19)29)34(18-13-14-23-24(15-18)38-17-37-23)25(35)16-33-22-12-8-7-11-21(22)31-32-33/h5-15,26H,4,16-17H2,1-3H3,(H,30,36)/t26-/m1/s1. The van der Waals surface area contributed by atoms with Crippen LogP contribution in [0.1, 0.15) is 38.8 Å². The van der Waals surface area contributed by atoms with Crippen LogP contribution in [0.5, 0.6) is 11.5 Å². The van der Waals surface area contributed by atoms with Crippen LogP contribution in [0.3, 0.4) is 0 Å². The van der Waals surface area contributed by atoms with Crippen LogP contribution in [-0.2, 0) is 16.1 Å². The first-order valence-electron chi connectivity index (χ1n) is 12.3. The van der Waals surface area contributed by atoms with Gasteiger partial charge in [0.15, 0.2) is 11.5 Å². The molecular weight excluding hydrogens is 489 g/mol. The second-order valence-corrected chi connectivity index (χ2v) is 9.69. The van der Waals surface area contributed by atoms with Crippen molar-refractivity contribution in [3.63, 3.8) is 0 Å². The van der Waals surface area contributed by atoms with Gasteiger partial charge >= 0.3 is 0 Å². The smallest absolute Gasteiger partial charge is 0.249 e. The molecule has 5 rings (SSSR count). The van der Waals surface area contributed by atoms with Crippen LogP contribution in [0.4, 0.5) is 10.1 Å². The number of hydrogen-bond donors (Lipinski definition) is 1. The number of ether oxygens (including phenoxy) is 2. The monoisotopic (exact) mass is 517 g/mol.